The SMILES string of the molecule is COC(=O)c1ccc(CNCc2ccnc(C)n2)nc1. The van der Waals surface area contributed by atoms with Gasteiger partial charge >= 0.3 is 5.97 Å². The zero-order valence-electron chi connectivity index (χ0n) is 11.5. The molecule has 0 saturated heterocycles. The van der Waals surface area contributed by atoms with Crippen LogP contribution in [0.2, 0.25) is 0 Å². The molecule has 0 aromatic carbocycles. The van der Waals surface area contributed by atoms with Crippen LogP contribution in [0.15, 0.2) is 30.6 Å². The van der Waals surface area contributed by atoms with Crippen LogP contribution >= 0.6 is 0 Å². The number of pyridine rings is 1. The highest BCUT2D eigenvalue weighted by molar-refractivity contribution is 5.88. The van der Waals surface area contributed by atoms with Gasteiger partial charge in [0.25, 0.3) is 0 Å². The Bertz CT molecular complexity index is 584. The summed E-state index contributed by atoms with van der Waals surface area (Å²) < 4.78 is 4.62. The van der Waals surface area contributed by atoms with Gasteiger partial charge in [0, 0.05) is 25.5 Å². The van der Waals surface area contributed by atoms with Crippen LogP contribution in [0, 0.1) is 6.92 Å². The molecule has 0 aliphatic heterocycles. The first-order chi connectivity index (χ1) is 9.69. The number of methoxy groups -OCH3 is 1. The lowest BCUT2D eigenvalue weighted by molar-refractivity contribution is 0.0600. The normalized spacial score (nSPS) is 10.3. The highest BCUT2D eigenvalue weighted by Crippen LogP contribution is 2.02. The average molecular weight is 272 g/mol. The van der Waals surface area contributed by atoms with Crippen molar-refractivity contribution >= 4 is 5.97 Å². The second-order valence-electron chi connectivity index (χ2n) is 4.23. The lowest BCUT2D eigenvalue weighted by atomic mass is 10.2. The Labute approximate surface area is 117 Å². The molecule has 0 aliphatic carbocycles. The number of hydrogen-bond acceptors (Lipinski definition) is 6. The smallest absolute Gasteiger partial charge is 0.339 e. The third-order valence-electron chi connectivity index (χ3n) is 2.69. The van der Waals surface area contributed by atoms with E-state index in [4.69, 9.17) is 0 Å². The van der Waals surface area contributed by atoms with Crippen molar-refractivity contribution in [3.05, 3.63) is 53.4 Å². The van der Waals surface area contributed by atoms with E-state index in [1.54, 1.807) is 18.3 Å². The number of hydrogen-bond donors (Lipinski definition) is 1. The lowest BCUT2D eigenvalue weighted by Crippen LogP contribution is -2.15. The zero-order chi connectivity index (χ0) is 14.4. The molecule has 20 heavy (non-hydrogen) atoms. The standard InChI is InChI=1S/C14H16N4O2/c1-10-16-6-5-13(18-10)9-15-8-12-4-3-11(7-17-12)14(19)20-2/h3-7,15H,8-9H2,1-2H3. The molecule has 2 rings (SSSR count). The van der Waals surface area contributed by atoms with Crippen LogP contribution in [0.5, 0.6) is 0 Å². The molecule has 0 unspecified atom stereocenters. The van der Waals surface area contributed by atoms with Crippen molar-refractivity contribution in [2.45, 2.75) is 20.0 Å². The van der Waals surface area contributed by atoms with Crippen LogP contribution in [-0.4, -0.2) is 28.0 Å². The molecule has 104 valence electrons. The summed E-state index contributed by atoms with van der Waals surface area (Å²) in [5, 5.41) is 3.24. The average Bonchev–Trinajstić information content (AvgIpc) is 2.47. The van der Waals surface area contributed by atoms with Crippen LogP contribution in [0.4, 0.5) is 0 Å². The molecule has 6 heteroatoms. The summed E-state index contributed by atoms with van der Waals surface area (Å²) in [7, 11) is 1.35. The Balaban J connectivity index is 1.86. The summed E-state index contributed by atoms with van der Waals surface area (Å²) in [6.45, 7) is 3.10. The van der Waals surface area contributed by atoms with Crippen molar-refractivity contribution in [3.63, 3.8) is 0 Å². The summed E-state index contributed by atoms with van der Waals surface area (Å²) in [4.78, 5) is 23.8. The maximum Gasteiger partial charge on any atom is 0.339 e. The first-order valence-corrected chi connectivity index (χ1v) is 6.21. The second-order valence-corrected chi connectivity index (χ2v) is 4.23. The van der Waals surface area contributed by atoms with Gasteiger partial charge in [-0.2, -0.15) is 0 Å². The van der Waals surface area contributed by atoms with Gasteiger partial charge < -0.3 is 10.1 Å². The van der Waals surface area contributed by atoms with E-state index in [-0.39, 0.29) is 5.97 Å². The van der Waals surface area contributed by atoms with Gasteiger partial charge in [-0.1, -0.05) is 0 Å². The molecule has 6 nitrogen and oxygen atoms in total. The van der Waals surface area contributed by atoms with Crippen LogP contribution in [0.3, 0.4) is 0 Å². The third kappa shape index (κ3) is 3.83. The van der Waals surface area contributed by atoms with E-state index in [0.717, 1.165) is 17.2 Å². The fourth-order valence-electron chi connectivity index (χ4n) is 1.69. The molecule has 0 fully saturated rings. The molecular formula is C14H16N4O2. The molecule has 0 amide bonds. The molecule has 0 bridgehead atoms. The largest absolute Gasteiger partial charge is 0.465 e. The van der Waals surface area contributed by atoms with E-state index in [0.29, 0.717) is 18.7 Å². The van der Waals surface area contributed by atoms with Crippen LogP contribution in [0.1, 0.15) is 27.6 Å². The fraction of sp³-hybridized carbons (Fsp3) is 0.286. The van der Waals surface area contributed by atoms with Crippen LogP contribution < -0.4 is 5.32 Å². The van der Waals surface area contributed by atoms with Crippen LogP contribution in [0.25, 0.3) is 0 Å². The van der Waals surface area contributed by atoms with E-state index >= 15 is 0 Å². The molecule has 0 spiro atoms. The molecule has 2 heterocycles. The lowest BCUT2D eigenvalue weighted by Gasteiger charge is -2.05. The summed E-state index contributed by atoms with van der Waals surface area (Å²) in [6.07, 6.45) is 3.25. The van der Waals surface area contributed by atoms with Crippen molar-refractivity contribution in [1.82, 2.24) is 20.3 Å². The maximum absolute atomic E-state index is 11.3. The summed E-state index contributed by atoms with van der Waals surface area (Å²) in [5.41, 5.74) is 2.23. The highest BCUT2D eigenvalue weighted by atomic mass is 16.5. The Morgan fingerprint density at radius 3 is 2.65 bits per heavy atom. The molecule has 2 aromatic heterocycles. The minimum absolute atomic E-state index is 0.381. The van der Waals surface area contributed by atoms with Crippen molar-refractivity contribution in [2.75, 3.05) is 7.11 Å². The number of esters is 1. The van der Waals surface area contributed by atoms with Crippen LogP contribution in [-0.2, 0) is 17.8 Å². The molecule has 2 aromatic rings. The number of ether oxygens (including phenoxy) is 1. The van der Waals surface area contributed by atoms with E-state index in [2.05, 4.69) is 25.0 Å². The van der Waals surface area contributed by atoms with Crippen molar-refractivity contribution in [2.24, 2.45) is 0 Å². The van der Waals surface area contributed by atoms with Gasteiger partial charge in [-0.15, -0.1) is 0 Å². The molecular weight excluding hydrogens is 256 g/mol. The molecule has 0 radical (unpaired) electrons. The Kier molecular flexibility index (Phi) is 4.73. The maximum atomic E-state index is 11.3. The van der Waals surface area contributed by atoms with Crippen molar-refractivity contribution in [1.29, 1.82) is 0 Å². The number of carbonyl (C=O) groups excluding carboxylic acids is 1. The minimum Gasteiger partial charge on any atom is -0.465 e. The number of aromatic nitrogens is 3. The summed E-state index contributed by atoms with van der Waals surface area (Å²) in [6, 6.07) is 5.36. The highest BCUT2D eigenvalue weighted by Gasteiger charge is 2.05. The van der Waals surface area contributed by atoms with Gasteiger partial charge in [-0.05, 0) is 25.1 Å². The van der Waals surface area contributed by atoms with E-state index in [9.17, 15) is 4.79 Å². The van der Waals surface area contributed by atoms with Gasteiger partial charge in [0.2, 0.25) is 0 Å². The van der Waals surface area contributed by atoms with Gasteiger partial charge in [0.1, 0.15) is 5.82 Å². The zero-order valence-corrected chi connectivity index (χ0v) is 11.5. The third-order valence-corrected chi connectivity index (χ3v) is 2.69. The first kappa shape index (κ1) is 14.1. The number of nitrogens with one attached hydrogen (secondary N) is 1. The van der Waals surface area contributed by atoms with Gasteiger partial charge in [-0.3, -0.25) is 4.98 Å². The quantitative estimate of drug-likeness (QED) is 0.826. The summed E-state index contributed by atoms with van der Waals surface area (Å²) in [5.74, 6) is 0.373. The van der Waals surface area contributed by atoms with Gasteiger partial charge in [0.05, 0.1) is 24.1 Å². The topological polar surface area (TPSA) is 77.0 Å². The minimum atomic E-state index is -0.381. The Morgan fingerprint density at radius 2 is 2.00 bits per heavy atom. The predicted molar refractivity (Wildman–Crippen MR) is 72.9 cm³/mol. The number of nitrogens with zero attached hydrogens (tertiary/aromatic N) is 3. The van der Waals surface area contributed by atoms with Gasteiger partial charge in [0.15, 0.2) is 0 Å². The Hall–Kier alpha value is -2.34. The summed E-state index contributed by atoms with van der Waals surface area (Å²) >= 11 is 0. The second kappa shape index (κ2) is 6.72. The monoisotopic (exact) mass is 272 g/mol. The Morgan fingerprint density at radius 1 is 1.20 bits per heavy atom. The van der Waals surface area contributed by atoms with E-state index < -0.39 is 0 Å². The number of rotatable bonds is 5. The fourth-order valence-corrected chi connectivity index (χ4v) is 1.69. The molecule has 0 atom stereocenters. The molecule has 1 N–H and O–H groups in total. The van der Waals surface area contributed by atoms with E-state index in [1.165, 1.54) is 13.3 Å². The molecule has 0 aliphatic rings. The molecule has 0 saturated carbocycles. The number of aryl methyl sites for hydroxylation is 1. The van der Waals surface area contributed by atoms with Crippen molar-refractivity contribution < 1.29 is 9.53 Å². The number of carbonyl (C=O) groups is 1. The van der Waals surface area contributed by atoms with Gasteiger partial charge in [-0.25, -0.2) is 14.8 Å². The van der Waals surface area contributed by atoms with E-state index in [1.807, 2.05) is 13.0 Å². The predicted octanol–water partition coefficient (Wildman–Crippen LogP) is 1.26. The first-order valence-electron chi connectivity index (χ1n) is 6.21. The van der Waals surface area contributed by atoms with Crippen molar-refractivity contribution in [3.8, 4) is 0 Å².